The van der Waals surface area contributed by atoms with Crippen LogP contribution in [0.1, 0.15) is 13.7 Å². The molecule has 0 fully saturated rings. The SMILES string of the molecule is [2H]c1c([2H])c([2H])c(-c2cccc(-c3c([2H])c([2H])c([2H])c([2H])c3[2H])c2N2[CH-]N(c3[c-]c(Oc4[c-]c5c(cc4)c4cc(-n6c7ccccc7c7ccccc76)ccc4n5-c4cc(Oc5c(-c6ccccc6)cc(-n6c7ccccc7c7ccccc76)cc5-c5ccccc5)ccn4)ccc3)c3ccccc32)c([2H])c1[2H].[Pt]. The average molecular weight is 1460 g/mol. The number of aromatic nitrogens is 4. The third kappa shape index (κ3) is 10.1. The van der Waals surface area contributed by atoms with E-state index in [1.54, 1.807) is 42.0 Å². The molecule has 19 rings (SSSR count). The summed E-state index contributed by atoms with van der Waals surface area (Å²) in [6.45, 7) is 1.75. The number of hydrogen-bond acceptors (Lipinski definition) is 5. The Morgan fingerprint density at radius 1 is 0.354 bits per heavy atom. The van der Waals surface area contributed by atoms with E-state index in [0.717, 1.165) is 93.5 Å². The van der Waals surface area contributed by atoms with Gasteiger partial charge in [0.25, 0.3) is 0 Å². The minimum absolute atomic E-state index is 0. The third-order valence-electron chi connectivity index (χ3n) is 18.4. The molecule has 1 aliphatic rings. The Kier molecular flexibility index (Phi) is 12.2. The summed E-state index contributed by atoms with van der Waals surface area (Å²) in [6.07, 6.45) is 1.77. The van der Waals surface area contributed by atoms with Crippen LogP contribution in [0.15, 0.2) is 340 Å². The monoisotopic (exact) mass is 1460 g/mol. The van der Waals surface area contributed by atoms with E-state index in [1.807, 2.05) is 102 Å². The Morgan fingerprint density at radius 3 is 1.44 bits per heavy atom. The Balaban J connectivity index is 0.00000836. The van der Waals surface area contributed by atoms with E-state index in [0.29, 0.717) is 51.4 Å². The van der Waals surface area contributed by atoms with Crippen LogP contribution in [0.5, 0.6) is 23.0 Å². The van der Waals surface area contributed by atoms with Gasteiger partial charge in [0.05, 0.1) is 35.8 Å². The van der Waals surface area contributed by atoms with Gasteiger partial charge in [-0.3, -0.25) is 0 Å². The van der Waals surface area contributed by atoms with Crippen LogP contribution in [0.25, 0.3) is 127 Å². The van der Waals surface area contributed by atoms with Crippen LogP contribution in [0, 0.1) is 18.8 Å². The molecule has 0 bridgehead atoms. The van der Waals surface area contributed by atoms with Gasteiger partial charge in [-0.15, -0.1) is 48.1 Å². The van der Waals surface area contributed by atoms with Crippen molar-refractivity contribution in [1.29, 1.82) is 0 Å². The third-order valence-corrected chi connectivity index (χ3v) is 18.4. The van der Waals surface area contributed by atoms with E-state index >= 15 is 0 Å². The van der Waals surface area contributed by atoms with Crippen LogP contribution < -0.4 is 19.3 Å². The fourth-order valence-electron chi connectivity index (χ4n) is 14.2. The molecule has 0 aliphatic carbocycles. The number of hydrogen-bond donors (Lipinski definition) is 0. The smallest absolute Gasteiger partial charge is 0.143 e. The van der Waals surface area contributed by atoms with Crippen LogP contribution in [0.2, 0.25) is 0 Å². The Bertz CT molecular complexity index is 6470. The quantitative estimate of drug-likeness (QED) is 0.108. The van der Waals surface area contributed by atoms with Gasteiger partial charge in [0.15, 0.2) is 0 Å². The molecule has 0 spiro atoms. The van der Waals surface area contributed by atoms with Crippen LogP contribution in [-0.2, 0) is 21.1 Å². The first-order valence-corrected chi connectivity index (χ1v) is 32.2. The van der Waals surface area contributed by atoms with Gasteiger partial charge in [-0.1, -0.05) is 230 Å². The maximum atomic E-state index is 9.20. The van der Waals surface area contributed by atoms with Crippen molar-refractivity contribution in [2.75, 3.05) is 9.80 Å². The van der Waals surface area contributed by atoms with E-state index in [4.69, 9.17) is 22.7 Å². The molecule has 0 radical (unpaired) electrons. The number of nitrogens with zero attached hydrogens (tertiary/aromatic N) is 6. The second-order valence-corrected chi connectivity index (χ2v) is 24.0. The number of para-hydroxylation sites is 7. The second-order valence-electron chi connectivity index (χ2n) is 24.0. The van der Waals surface area contributed by atoms with Crippen molar-refractivity contribution in [3.8, 4) is 84.7 Å². The van der Waals surface area contributed by atoms with Crippen molar-refractivity contribution in [3.05, 3.63) is 358 Å². The van der Waals surface area contributed by atoms with Gasteiger partial charge in [-0.05, 0) is 100 Å². The predicted molar refractivity (Wildman–Crippen MR) is 401 cm³/mol. The molecule has 0 saturated heterocycles. The van der Waals surface area contributed by atoms with E-state index < -0.39 is 60.4 Å². The van der Waals surface area contributed by atoms with Crippen molar-refractivity contribution in [2.24, 2.45) is 0 Å². The largest absolute Gasteiger partial charge is 0.509 e. The van der Waals surface area contributed by atoms with E-state index in [9.17, 15) is 5.48 Å². The summed E-state index contributed by atoms with van der Waals surface area (Å²) < 4.78 is 110. The number of fused-ring (bicyclic) bond motifs is 10. The normalized spacial score (nSPS) is 13.5. The van der Waals surface area contributed by atoms with Gasteiger partial charge in [-0.2, -0.15) is 12.1 Å². The summed E-state index contributed by atoms with van der Waals surface area (Å²) in [5, 5.41) is 6.41. The molecule has 1 aliphatic heterocycles. The first-order chi connectivity index (χ1) is 52.8. The zero-order valence-corrected chi connectivity index (χ0v) is 54.7. The summed E-state index contributed by atoms with van der Waals surface area (Å²) in [6, 6.07) is 93.0. The predicted octanol–water partition coefficient (Wildman–Crippen LogP) is 23.6. The van der Waals surface area contributed by atoms with E-state index in [-0.39, 0.29) is 49.0 Å². The Morgan fingerprint density at radius 2 is 0.859 bits per heavy atom. The van der Waals surface area contributed by atoms with Crippen molar-refractivity contribution < 1.29 is 44.2 Å². The van der Waals surface area contributed by atoms with Gasteiger partial charge in [0.1, 0.15) is 17.3 Å². The van der Waals surface area contributed by atoms with Crippen LogP contribution >= 0.6 is 0 Å². The molecular formula is C90H57N6O2Pt-3. The van der Waals surface area contributed by atoms with Crippen LogP contribution in [0.3, 0.4) is 0 Å². The van der Waals surface area contributed by atoms with Gasteiger partial charge >= 0.3 is 0 Å². The van der Waals surface area contributed by atoms with Crippen molar-refractivity contribution >= 4 is 88.2 Å². The standard InChI is InChI=1S/C90H57N6O2.Pt/c1-5-25-60(26-6-1)70-39-24-40-71(61-27-7-2-8-28-61)89(70)93-59-92(85-45-21-22-46-86(85)93)64-33-23-34-67(53-64)97-68-48-49-76-79-54-65(94-80-41-17-13-35-72(80)73-36-14-18-42-81(73)94)47-50-84(79)96(87(76)57-68)88-58-69(51-52-91-88)98-90-77(62-29-9-3-10-30-62)55-66(56-78(90)63-31-11-4-12-32-63)95-82-43-19-15-37-74(82)75-38-16-20-44-83(75)95;/h1-52,54-56,58-59H;/q-3;/i1D,2D,5D,6D,7D,8D,25D,26D,27D,28D;. The molecule has 0 unspecified atom stereocenters. The van der Waals surface area contributed by atoms with Crippen molar-refractivity contribution in [3.63, 3.8) is 0 Å². The van der Waals surface area contributed by atoms with Gasteiger partial charge in [0.2, 0.25) is 0 Å². The number of anilines is 4. The molecule has 18 aromatic rings. The molecule has 0 saturated carbocycles. The van der Waals surface area contributed by atoms with Crippen LogP contribution in [-0.4, -0.2) is 18.7 Å². The second kappa shape index (κ2) is 24.6. The first-order valence-electron chi connectivity index (χ1n) is 37.2. The fourth-order valence-corrected chi connectivity index (χ4v) is 14.2. The molecular weight excluding hydrogens is 1390 g/mol. The molecule has 0 amide bonds. The number of pyridine rings is 1. The van der Waals surface area contributed by atoms with Gasteiger partial charge < -0.3 is 33.0 Å². The maximum absolute atomic E-state index is 9.20. The summed E-state index contributed by atoms with van der Waals surface area (Å²) in [7, 11) is 0. The molecule has 14 aromatic carbocycles. The molecule has 5 heterocycles. The summed E-state index contributed by atoms with van der Waals surface area (Å²) in [5.74, 6) is 2.44. The maximum Gasteiger partial charge on any atom is 0.143 e. The Labute approximate surface area is 600 Å². The summed E-state index contributed by atoms with van der Waals surface area (Å²) in [5.41, 5.74) is 13.4. The zero-order valence-electron chi connectivity index (χ0n) is 62.5. The van der Waals surface area contributed by atoms with Crippen molar-refractivity contribution in [2.45, 2.75) is 0 Å². The molecule has 472 valence electrons. The molecule has 4 aromatic heterocycles. The summed E-state index contributed by atoms with van der Waals surface area (Å²) >= 11 is 0. The molecule has 0 atom stereocenters. The number of ether oxygens (including phenoxy) is 2. The molecule has 0 N–H and O–H groups in total. The average Bonchev–Trinajstić information content (AvgIpc) is 1.65. The minimum Gasteiger partial charge on any atom is -0.509 e. The van der Waals surface area contributed by atoms with E-state index in [2.05, 4.69) is 177 Å². The van der Waals surface area contributed by atoms with E-state index in [1.165, 1.54) is 0 Å². The topological polar surface area (TPSA) is 52.6 Å². The summed E-state index contributed by atoms with van der Waals surface area (Å²) in [4.78, 5) is 8.76. The number of rotatable bonds is 13. The minimum atomic E-state index is -0.581. The van der Waals surface area contributed by atoms with Gasteiger partial charge in [-0.25, -0.2) is 4.98 Å². The van der Waals surface area contributed by atoms with Gasteiger partial charge in [0, 0.05) is 123 Å². The molecule has 8 nitrogen and oxygen atoms in total. The zero-order chi connectivity index (χ0) is 73.3. The van der Waals surface area contributed by atoms with Crippen molar-refractivity contribution in [1.82, 2.24) is 18.7 Å². The molecule has 99 heavy (non-hydrogen) atoms. The first kappa shape index (κ1) is 49.1. The Hall–Kier alpha value is -12.5. The van der Waals surface area contributed by atoms with Crippen LogP contribution in [0.4, 0.5) is 22.7 Å². The molecule has 9 heteroatoms. The number of benzene rings is 14. The fraction of sp³-hybridized carbons (Fsp3) is 0.